The van der Waals surface area contributed by atoms with Gasteiger partial charge in [-0.1, -0.05) is 0 Å². The predicted octanol–water partition coefficient (Wildman–Crippen LogP) is 2.96. The highest BCUT2D eigenvalue weighted by Crippen LogP contribution is 2.25. The molecule has 1 nitrogen and oxygen atoms in total. The summed E-state index contributed by atoms with van der Waals surface area (Å²) >= 11 is 2.74. The van der Waals surface area contributed by atoms with E-state index in [-0.39, 0.29) is 4.47 Å². The fourth-order valence-corrected chi connectivity index (χ4v) is 0.611. The fraction of sp³-hybridized carbons (Fsp3) is 0.286. The molecule has 0 unspecified atom stereocenters. The van der Waals surface area contributed by atoms with Crippen molar-refractivity contribution in [2.75, 3.05) is 0 Å². The summed E-state index contributed by atoms with van der Waals surface area (Å²) in [5.74, 6) is -4.36. The molecule has 1 aromatic rings. The summed E-state index contributed by atoms with van der Waals surface area (Å²) in [6.07, 6.45) is -0.704. The Labute approximate surface area is 80.0 Å². The molecule has 0 aliphatic heterocycles. The minimum atomic E-state index is -4.36. The molecule has 0 aromatic carbocycles. The average Bonchev–Trinajstić information content (AvgIpc) is 2.18. The van der Waals surface area contributed by atoms with E-state index < -0.39 is 36.7 Å². The smallest absolute Gasteiger partial charge is 0.254 e. The lowest BCUT2D eigenvalue weighted by Crippen LogP contribution is -2.08. The van der Waals surface area contributed by atoms with Gasteiger partial charge in [0.25, 0.3) is 5.92 Å². The first-order chi connectivity index (χ1) is 7.50. The zero-order valence-electron chi connectivity index (χ0n) is 11.1. The Morgan fingerprint density at radius 3 is 3.09 bits per heavy atom. The van der Waals surface area contributed by atoms with Gasteiger partial charge in [0, 0.05) is 21.6 Å². The molecule has 60 valence electrons. The van der Waals surface area contributed by atoms with Gasteiger partial charge in [0.2, 0.25) is 0 Å². The molecule has 0 aliphatic carbocycles. The molecular weight excluding hydrogens is 216 g/mol. The lowest BCUT2D eigenvalue weighted by molar-refractivity contribution is 0.0127. The van der Waals surface area contributed by atoms with Crippen LogP contribution in [0.1, 0.15) is 20.8 Å². The van der Waals surface area contributed by atoms with Crippen molar-refractivity contribution in [2.24, 2.45) is 0 Å². The molecule has 1 aromatic heterocycles. The van der Waals surface area contributed by atoms with Crippen LogP contribution in [0.3, 0.4) is 0 Å². The first-order valence-electron chi connectivity index (χ1n) is 5.51. The van der Waals surface area contributed by atoms with Crippen molar-refractivity contribution in [3.05, 3.63) is 28.4 Å². The predicted molar refractivity (Wildman–Crippen MR) is 41.5 cm³/mol. The van der Waals surface area contributed by atoms with Crippen LogP contribution in [0.15, 0.2) is 22.7 Å². The Kier molecular flexibility index (Phi) is 0.900. The van der Waals surface area contributed by atoms with Crippen molar-refractivity contribution in [3.8, 4) is 0 Å². The van der Waals surface area contributed by atoms with Crippen LogP contribution >= 0.6 is 15.9 Å². The summed E-state index contributed by atoms with van der Waals surface area (Å²) in [5.41, 5.74) is -1.38. The molecule has 0 spiro atoms. The van der Waals surface area contributed by atoms with Gasteiger partial charge in [-0.15, -0.1) is 0 Å². The van der Waals surface area contributed by atoms with E-state index in [1.807, 2.05) is 0 Å². The van der Waals surface area contributed by atoms with Gasteiger partial charge in [-0.3, -0.25) is 4.98 Å². The van der Waals surface area contributed by atoms with Gasteiger partial charge in [0.15, 0.2) is 0 Å². The van der Waals surface area contributed by atoms with Crippen molar-refractivity contribution in [3.63, 3.8) is 0 Å². The molecule has 0 bridgehead atoms. The molecule has 1 heterocycles. The molecular formula is C7H6BrF2N. The zero-order valence-corrected chi connectivity index (χ0v) is 6.67. The van der Waals surface area contributed by atoms with Crippen LogP contribution in [0.4, 0.5) is 8.78 Å². The highest BCUT2D eigenvalue weighted by molar-refractivity contribution is 9.10. The van der Waals surface area contributed by atoms with Gasteiger partial charge >= 0.3 is 0 Å². The molecule has 0 aliphatic rings. The summed E-state index contributed by atoms with van der Waals surface area (Å²) in [6.45, 7) is -3.68. The maximum absolute atomic E-state index is 13.5. The number of hydrogen-bond acceptors (Lipinski definition) is 1. The second kappa shape index (κ2) is 2.85. The fourth-order valence-electron chi connectivity index (χ4n) is 0.424. The van der Waals surface area contributed by atoms with Gasteiger partial charge in [-0.05, 0) is 28.0 Å². The zero-order chi connectivity index (χ0) is 13.6. The number of alkyl halides is 2. The second-order valence-electron chi connectivity index (χ2n) is 1.71. The summed E-state index contributed by atoms with van der Waals surface area (Å²) < 4.78 is 68.6. The molecule has 0 N–H and O–H groups in total. The van der Waals surface area contributed by atoms with E-state index in [9.17, 15) is 8.78 Å². The van der Waals surface area contributed by atoms with E-state index in [0.29, 0.717) is 0 Å². The number of aromatic nitrogens is 1. The van der Waals surface area contributed by atoms with Crippen molar-refractivity contribution >= 4 is 15.9 Å². The largest absolute Gasteiger partial charge is 0.286 e. The molecule has 0 fully saturated rings. The van der Waals surface area contributed by atoms with E-state index in [4.69, 9.17) is 8.22 Å². The average molecular weight is 228 g/mol. The Morgan fingerprint density at radius 2 is 2.45 bits per heavy atom. The third kappa shape index (κ3) is 2.22. The first-order valence-corrected chi connectivity index (χ1v) is 3.31. The van der Waals surface area contributed by atoms with E-state index in [0.717, 1.165) is 0 Å². The number of hydrogen-bond donors (Lipinski definition) is 0. The Balaban J connectivity index is 3.54. The summed E-state index contributed by atoms with van der Waals surface area (Å²) in [6, 6.07) is -1.70. The first kappa shape index (κ1) is 3.47. The second-order valence-corrected chi connectivity index (χ2v) is 2.50. The molecule has 0 radical (unpaired) electrons. The monoisotopic (exact) mass is 227 g/mol. The third-order valence-corrected chi connectivity index (χ3v) is 1.23. The van der Waals surface area contributed by atoms with Crippen LogP contribution in [-0.2, 0) is 5.92 Å². The third-order valence-electron chi connectivity index (χ3n) is 0.854. The normalized spacial score (nSPS) is 20.6. The number of nitrogens with zero attached hydrogens (tertiary/aromatic N) is 1. The summed E-state index contributed by atoms with van der Waals surface area (Å²) in [7, 11) is 0. The van der Waals surface area contributed by atoms with Crippen LogP contribution in [0.5, 0.6) is 0 Å². The Morgan fingerprint density at radius 1 is 1.73 bits per heavy atom. The molecule has 0 amide bonds. The van der Waals surface area contributed by atoms with Gasteiger partial charge in [0.05, 0.1) is 4.11 Å². The Hall–Kier alpha value is -0.510. The van der Waals surface area contributed by atoms with E-state index in [1.165, 1.54) is 0 Å². The maximum Gasteiger partial charge on any atom is 0.286 e. The lowest BCUT2D eigenvalue weighted by atomic mass is 10.2. The number of rotatable bonds is 1. The van der Waals surface area contributed by atoms with Crippen molar-refractivity contribution in [1.29, 1.82) is 0 Å². The summed E-state index contributed by atoms with van der Waals surface area (Å²) in [5, 5.41) is 0. The van der Waals surface area contributed by atoms with E-state index >= 15 is 0 Å². The highest BCUT2D eigenvalue weighted by Gasteiger charge is 2.25. The van der Waals surface area contributed by atoms with Crippen molar-refractivity contribution in [1.82, 2.24) is 4.98 Å². The molecule has 0 saturated heterocycles. The highest BCUT2D eigenvalue weighted by atomic mass is 79.9. The van der Waals surface area contributed by atoms with Gasteiger partial charge in [0.1, 0.15) is 5.69 Å². The molecule has 0 saturated carbocycles. The van der Waals surface area contributed by atoms with Crippen LogP contribution in [0, 0.1) is 0 Å². The summed E-state index contributed by atoms with van der Waals surface area (Å²) in [4.78, 5) is 3.07. The molecule has 1 rings (SSSR count). The molecule has 0 atom stereocenters. The van der Waals surface area contributed by atoms with Crippen molar-refractivity contribution in [2.45, 2.75) is 12.8 Å². The quantitative estimate of drug-likeness (QED) is 0.720. The Bertz CT molecular complexity index is 461. The molecule has 4 heteroatoms. The van der Waals surface area contributed by atoms with Gasteiger partial charge < -0.3 is 0 Å². The van der Waals surface area contributed by atoms with Crippen LogP contribution < -0.4 is 0 Å². The minimum Gasteiger partial charge on any atom is -0.254 e. The van der Waals surface area contributed by atoms with E-state index in [1.54, 1.807) is 0 Å². The van der Waals surface area contributed by atoms with Gasteiger partial charge in [-0.2, -0.15) is 8.78 Å². The number of halogens is 3. The van der Waals surface area contributed by atoms with E-state index in [2.05, 4.69) is 20.9 Å². The SMILES string of the molecule is [2H]c1nc(C(F)(F)C([2H])([2H])[2H])c([2H])c([2H])c1Br. The van der Waals surface area contributed by atoms with Crippen LogP contribution in [-0.4, -0.2) is 4.98 Å². The van der Waals surface area contributed by atoms with Crippen LogP contribution in [0.25, 0.3) is 0 Å². The molecule has 11 heavy (non-hydrogen) atoms. The standard InChI is InChI=1S/C7H6BrF2N/c1-7(9,10)6-3-2-5(8)4-11-6/h2-4H,1H3/i1D3,2D,3D,4D. The van der Waals surface area contributed by atoms with Crippen molar-refractivity contribution < 1.29 is 17.0 Å². The maximum atomic E-state index is 13.5. The van der Waals surface area contributed by atoms with Gasteiger partial charge in [-0.25, -0.2) is 0 Å². The van der Waals surface area contributed by atoms with Crippen LogP contribution in [0.2, 0.25) is 0 Å². The minimum absolute atomic E-state index is 0.229. The topological polar surface area (TPSA) is 12.9 Å². The number of pyridine rings is 1. The lowest BCUT2D eigenvalue weighted by Gasteiger charge is -2.07.